The summed E-state index contributed by atoms with van der Waals surface area (Å²) in [7, 11) is 0. The lowest BCUT2D eigenvalue weighted by atomic mass is 10.1. The number of imidazole rings is 2. The Morgan fingerprint density at radius 3 is 2.31 bits per heavy atom. The maximum atomic E-state index is 12.7. The third kappa shape index (κ3) is 3.45. The lowest BCUT2D eigenvalue weighted by Crippen LogP contribution is -3.11. The number of para-hydroxylation sites is 2. The minimum atomic E-state index is -0.000258. The fraction of sp³-hybridized carbons (Fsp3) is 0.304. The van der Waals surface area contributed by atoms with E-state index in [0.29, 0.717) is 16.4 Å². The van der Waals surface area contributed by atoms with Gasteiger partial charge in [-0.05, 0) is 38.1 Å². The van der Waals surface area contributed by atoms with E-state index in [1.807, 2.05) is 40.8 Å². The zero-order valence-electron chi connectivity index (χ0n) is 17.1. The highest BCUT2D eigenvalue weighted by atomic mass is 35.5. The van der Waals surface area contributed by atoms with Crippen LogP contribution in [0.4, 0.5) is 0 Å². The second-order valence-electron chi connectivity index (χ2n) is 7.35. The number of nitrogens with zero attached hydrogens (tertiary/aromatic N) is 3. The molecular weight excluding hydrogens is 384 g/mol. The Morgan fingerprint density at radius 1 is 1.03 bits per heavy atom. The Labute approximate surface area is 175 Å². The number of rotatable bonds is 7. The molecule has 0 amide bonds. The summed E-state index contributed by atoms with van der Waals surface area (Å²) < 4.78 is 4.26. The van der Waals surface area contributed by atoms with Crippen molar-refractivity contribution in [3.63, 3.8) is 0 Å². The standard InChI is InChI=1S/C23H25ClN4O/c1-4-26(5-2)14-15-27-19-8-6-7-9-20(19)28-22(16(3)29)21(25-23(27)28)17-10-12-18(24)13-11-17/h6-13H,4-5,14-15H2,1-3H3/p+1. The first-order valence-electron chi connectivity index (χ1n) is 10.1. The average molecular weight is 410 g/mol. The van der Waals surface area contributed by atoms with E-state index in [0.717, 1.165) is 48.6 Å². The third-order valence-electron chi connectivity index (χ3n) is 5.65. The summed E-state index contributed by atoms with van der Waals surface area (Å²) in [6.45, 7) is 10.1. The zero-order chi connectivity index (χ0) is 20.5. The maximum absolute atomic E-state index is 12.7. The van der Waals surface area contributed by atoms with Gasteiger partial charge in [-0.2, -0.15) is 0 Å². The molecule has 0 radical (unpaired) electrons. The van der Waals surface area contributed by atoms with Crippen LogP contribution in [0.5, 0.6) is 0 Å². The molecule has 6 heteroatoms. The SMILES string of the molecule is CC[NH+](CC)CCn1c2ccccc2n2c(C(C)=O)c(-c3ccc(Cl)cc3)nc12. The highest BCUT2D eigenvalue weighted by Gasteiger charge is 2.23. The largest absolute Gasteiger partial charge is 0.334 e. The summed E-state index contributed by atoms with van der Waals surface area (Å²) >= 11 is 6.06. The minimum absolute atomic E-state index is 0.000258. The fourth-order valence-corrected chi connectivity index (χ4v) is 4.16. The predicted molar refractivity (Wildman–Crippen MR) is 118 cm³/mol. The molecule has 0 aliphatic heterocycles. The van der Waals surface area contributed by atoms with Crippen LogP contribution in [0.2, 0.25) is 5.02 Å². The third-order valence-corrected chi connectivity index (χ3v) is 5.91. The van der Waals surface area contributed by atoms with Crippen LogP contribution in [0.1, 0.15) is 31.3 Å². The van der Waals surface area contributed by atoms with Crippen LogP contribution in [0.15, 0.2) is 48.5 Å². The molecule has 5 nitrogen and oxygen atoms in total. The molecule has 2 heterocycles. The first-order valence-corrected chi connectivity index (χ1v) is 10.5. The monoisotopic (exact) mass is 409 g/mol. The van der Waals surface area contributed by atoms with Crippen molar-refractivity contribution in [2.24, 2.45) is 0 Å². The Balaban J connectivity index is 1.96. The predicted octanol–water partition coefficient (Wildman–Crippen LogP) is 3.74. The van der Waals surface area contributed by atoms with Gasteiger partial charge in [0.2, 0.25) is 5.78 Å². The van der Waals surface area contributed by atoms with Crippen LogP contribution < -0.4 is 4.90 Å². The number of hydrogen-bond donors (Lipinski definition) is 1. The molecule has 0 aliphatic rings. The number of hydrogen-bond acceptors (Lipinski definition) is 2. The molecule has 0 saturated heterocycles. The number of carbonyl (C=O) groups excluding carboxylic acids is 1. The second kappa shape index (κ2) is 8.01. The van der Waals surface area contributed by atoms with E-state index < -0.39 is 0 Å². The van der Waals surface area contributed by atoms with Crippen LogP contribution in [0.3, 0.4) is 0 Å². The summed E-state index contributed by atoms with van der Waals surface area (Å²) in [6.07, 6.45) is 0. The van der Waals surface area contributed by atoms with Crippen molar-refractivity contribution < 1.29 is 9.69 Å². The number of halogens is 1. The number of Topliss-reactive ketones (excluding diaryl/α,β-unsaturated/α-hetero) is 1. The van der Waals surface area contributed by atoms with Gasteiger partial charge in [-0.3, -0.25) is 9.20 Å². The van der Waals surface area contributed by atoms with E-state index in [4.69, 9.17) is 16.6 Å². The van der Waals surface area contributed by atoms with E-state index in [-0.39, 0.29) is 5.78 Å². The van der Waals surface area contributed by atoms with Crippen LogP contribution in [-0.4, -0.2) is 39.4 Å². The quantitative estimate of drug-likeness (QED) is 0.472. The fourth-order valence-electron chi connectivity index (χ4n) is 4.03. The molecule has 0 bridgehead atoms. The molecular formula is C23H26ClN4O+. The minimum Gasteiger partial charge on any atom is -0.334 e. The molecule has 2 aromatic carbocycles. The van der Waals surface area contributed by atoms with Crippen molar-refractivity contribution in [1.29, 1.82) is 0 Å². The van der Waals surface area contributed by atoms with Crippen LogP contribution in [-0.2, 0) is 6.54 Å². The smallest absolute Gasteiger partial charge is 0.216 e. The van der Waals surface area contributed by atoms with Crippen molar-refractivity contribution in [2.75, 3.05) is 19.6 Å². The maximum Gasteiger partial charge on any atom is 0.216 e. The second-order valence-corrected chi connectivity index (χ2v) is 7.79. The van der Waals surface area contributed by atoms with E-state index in [2.05, 4.69) is 30.5 Å². The summed E-state index contributed by atoms with van der Waals surface area (Å²) in [5, 5.41) is 0.666. The van der Waals surface area contributed by atoms with Gasteiger partial charge in [0.15, 0.2) is 5.78 Å². The average Bonchev–Trinajstić information content (AvgIpc) is 3.25. The molecule has 4 rings (SSSR count). The molecule has 0 atom stereocenters. The first-order chi connectivity index (χ1) is 14.0. The van der Waals surface area contributed by atoms with Gasteiger partial charge in [0, 0.05) is 17.5 Å². The molecule has 0 saturated carbocycles. The van der Waals surface area contributed by atoms with Crippen LogP contribution in [0, 0.1) is 0 Å². The highest BCUT2D eigenvalue weighted by molar-refractivity contribution is 6.30. The lowest BCUT2D eigenvalue weighted by molar-refractivity contribution is -0.897. The number of aromatic nitrogens is 3. The van der Waals surface area contributed by atoms with Crippen LogP contribution >= 0.6 is 11.6 Å². The Hall–Kier alpha value is -2.63. The summed E-state index contributed by atoms with van der Waals surface area (Å²) in [4.78, 5) is 19.2. The summed E-state index contributed by atoms with van der Waals surface area (Å²) in [5.74, 6) is 0.813. The molecule has 0 fully saturated rings. The molecule has 0 aliphatic carbocycles. The Morgan fingerprint density at radius 2 is 1.69 bits per heavy atom. The molecule has 1 N–H and O–H groups in total. The van der Waals surface area contributed by atoms with Crippen LogP contribution in [0.25, 0.3) is 28.1 Å². The van der Waals surface area contributed by atoms with Crippen molar-refractivity contribution in [3.8, 4) is 11.3 Å². The molecule has 29 heavy (non-hydrogen) atoms. The zero-order valence-corrected chi connectivity index (χ0v) is 17.8. The van der Waals surface area contributed by atoms with Gasteiger partial charge in [-0.15, -0.1) is 0 Å². The molecule has 2 aromatic heterocycles. The number of quaternary nitrogens is 1. The number of carbonyl (C=O) groups is 1. The molecule has 0 spiro atoms. The van der Waals surface area contributed by atoms with E-state index >= 15 is 0 Å². The van der Waals surface area contributed by atoms with Gasteiger partial charge in [0.25, 0.3) is 0 Å². The number of benzene rings is 2. The summed E-state index contributed by atoms with van der Waals surface area (Å²) in [6, 6.07) is 15.7. The van der Waals surface area contributed by atoms with E-state index in [1.54, 1.807) is 6.92 Å². The topological polar surface area (TPSA) is 43.7 Å². The van der Waals surface area contributed by atoms with Gasteiger partial charge >= 0.3 is 0 Å². The highest BCUT2D eigenvalue weighted by Crippen LogP contribution is 2.30. The molecule has 4 aromatic rings. The van der Waals surface area contributed by atoms with Gasteiger partial charge < -0.3 is 9.47 Å². The first kappa shape index (κ1) is 19.7. The Kier molecular flexibility index (Phi) is 5.43. The van der Waals surface area contributed by atoms with Crippen molar-refractivity contribution >= 4 is 34.2 Å². The number of ketones is 1. The summed E-state index contributed by atoms with van der Waals surface area (Å²) in [5.41, 5.74) is 4.33. The van der Waals surface area contributed by atoms with Gasteiger partial charge in [0.1, 0.15) is 11.4 Å². The number of likely N-dealkylation sites (N-methyl/N-ethyl adjacent to an activating group) is 1. The van der Waals surface area contributed by atoms with Crippen molar-refractivity contribution in [2.45, 2.75) is 27.3 Å². The normalized spacial score (nSPS) is 11.8. The molecule has 0 unspecified atom stereocenters. The molecule has 150 valence electrons. The van der Waals surface area contributed by atoms with Gasteiger partial charge in [-0.25, -0.2) is 4.98 Å². The van der Waals surface area contributed by atoms with Crippen molar-refractivity contribution in [3.05, 3.63) is 59.2 Å². The van der Waals surface area contributed by atoms with Gasteiger partial charge in [-0.1, -0.05) is 35.9 Å². The van der Waals surface area contributed by atoms with Crippen molar-refractivity contribution in [1.82, 2.24) is 14.0 Å². The van der Waals surface area contributed by atoms with E-state index in [9.17, 15) is 4.79 Å². The number of fused-ring (bicyclic) bond motifs is 3. The van der Waals surface area contributed by atoms with E-state index in [1.165, 1.54) is 4.90 Å². The lowest BCUT2D eigenvalue weighted by Gasteiger charge is -2.15. The Bertz CT molecular complexity index is 1170. The number of nitrogens with one attached hydrogen (secondary N) is 1. The van der Waals surface area contributed by atoms with Gasteiger partial charge in [0.05, 0.1) is 37.2 Å².